The summed E-state index contributed by atoms with van der Waals surface area (Å²) in [6.07, 6.45) is 48.1. The molecule has 1 atom stereocenters. The Hall–Kier alpha value is -1.59. The maximum atomic E-state index is 12.7. The summed E-state index contributed by atoms with van der Waals surface area (Å²) in [5, 5.41) is 0. The predicted molar refractivity (Wildman–Crippen MR) is 247 cm³/mol. The summed E-state index contributed by atoms with van der Waals surface area (Å²) < 4.78 is 16.8. The molecule has 58 heavy (non-hydrogen) atoms. The van der Waals surface area contributed by atoms with E-state index in [0.29, 0.717) is 19.3 Å². The van der Waals surface area contributed by atoms with Gasteiger partial charge in [-0.1, -0.05) is 252 Å². The first-order valence-electron chi connectivity index (χ1n) is 25.9. The Morgan fingerprint density at radius 3 is 0.845 bits per heavy atom. The van der Waals surface area contributed by atoms with Gasteiger partial charge in [0.15, 0.2) is 6.10 Å². The van der Waals surface area contributed by atoms with Crippen molar-refractivity contribution in [1.29, 1.82) is 0 Å². The van der Waals surface area contributed by atoms with Crippen LogP contribution < -0.4 is 0 Å². The molecule has 6 heteroatoms. The van der Waals surface area contributed by atoms with E-state index in [4.69, 9.17) is 14.2 Å². The number of unbranched alkanes of at least 4 members (excludes halogenated alkanes) is 34. The molecule has 0 fully saturated rings. The van der Waals surface area contributed by atoms with Crippen LogP contribution in [-0.2, 0) is 28.6 Å². The molecule has 0 aliphatic heterocycles. The van der Waals surface area contributed by atoms with Crippen molar-refractivity contribution >= 4 is 17.9 Å². The summed E-state index contributed by atoms with van der Waals surface area (Å²) in [5.41, 5.74) is 0. The maximum Gasteiger partial charge on any atom is 0.306 e. The van der Waals surface area contributed by atoms with E-state index in [1.54, 1.807) is 0 Å². The third kappa shape index (κ3) is 45.5. The molecule has 0 amide bonds. The van der Waals surface area contributed by atoms with Gasteiger partial charge in [-0.15, -0.1) is 0 Å². The van der Waals surface area contributed by atoms with Crippen LogP contribution in [0, 0.1) is 5.92 Å². The second-order valence-electron chi connectivity index (χ2n) is 18.3. The monoisotopic (exact) mass is 821 g/mol. The first kappa shape index (κ1) is 56.4. The fraction of sp³-hybridized carbons (Fsp3) is 0.942. The summed E-state index contributed by atoms with van der Waals surface area (Å²) in [5.74, 6) is -0.0702. The van der Waals surface area contributed by atoms with E-state index in [2.05, 4.69) is 27.7 Å². The Morgan fingerprint density at radius 2 is 0.569 bits per heavy atom. The minimum atomic E-state index is -0.761. The van der Waals surface area contributed by atoms with Gasteiger partial charge in [0.25, 0.3) is 0 Å². The molecular formula is C52H100O6. The molecule has 0 unspecified atom stereocenters. The number of hydrogen-bond donors (Lipinski definition) is 0. The van der Waals surface area contributed by atoms with Crippen LogP contribution >= 0.6 is 0 Å². The van der Waals surface area contributed by atoms with Gasteiger partial charge >= 0.3 is 17.9 Å². The van der Waals surface area contributed by atoms with Crippen LogP contribution in [0.2, 0.25) is 0 Å². The molecule has 0 aromatic heterocycles. The molecule has 0 radical (unpaired) electrons. The molecule has 0 aliphatic carbocycles. The number of esters is 3. The highest BCUT2D eigenvalue weighted by molar-refractivity contribution is 5.71. The number of ether oxygens (including phenoxy) is 3. The van der Waals surface area contributed by atoms with Gasteiger partial charge in [0.1, 0.15) is 13.2 Å². The van der Waals surface area contributed by atoms with Gasteiger partial charge in [0.05, 0.1) is 0 Å². The van der Waals surface area contributed by atoms with Crippen LogP contribution in [0.3, 0.4) is 0 Å². The molecule has 0 saturated carbocycles. The van der Waals surface area contributed by atoms with E-state index >= 15 is 0 Å². The highest BCUT2D eigenvalue weighted by atomic mass is 16.6. The van der Waals surface area contributed by atoms with Gasteiger partial charge in [0, 0.05) is 19.3 Å². The molecular weight excluding hydrogens is 721 g/mol. The molecule has 0 aromatic rings. The maximum absolute atomic E-state index is 12.7. The largest absolute Gasteiger partial charge is 0.462 e. The SMILES string of the molecule is CCCCCCCCCCCCCCCCCCCC(=O)OC[C@H](COC(=O)CCCCCCCCCCCCCCC)OC(=O)CCCCCCCCCC(C)C. The van der Waals surface area contributed by atoms with E-state index < -0.39 is 6.10 Å². The predicted octanol–water partition coefficient (Wildman–Crippen LogP) is 16.7. The standard InChI is InChI=1S/C52H100O6/c1-5-7-9-11-13-15-17-19-20-21-22-24-26-28-32-36-40-44-51(54)57-47-49(58-52(55)45-41-37-33-29-30-34-38-42-48(3)4)46-56-50(53)43-39-35-31-27-25-23-18-16-14-12-10-8-6-2/h48-49H,5-47H2,1-4H3/t49-/m0/s1. The molecule has 0 aliphatic rings. The Bertz CT molecular complexity index is 872. The van der Waals surface area contributed by atoms with Crippen molar-refractivity contribution in [3.63, 3.8) is 0 Å². The van der Waals surface area contributed by atoms with E-state index in [1.807, 2.05) is 0 Å². The van der Waals surface area contributed by atoms with Crippen molar-refractivity contribution in [3.05, 3.63) is 0 Å². The molecule has 0 N–H and O–H groups in total. The number of rotatable bonds is 47. The van der Waals surface area contributed by atoms with E-state index in [1.165, 1.54) is 186 Å². The minimum absolute atomic E-state index is 0.0636. The van der Waals surface area contributed by atoms with Crippen molar-refractivity contribution in [2.45, 2.75) is 297 Å². The van der Waals surface area contributed by atoms with Gasteiger partial charge in [-0.05, 0) is 25.2 Å². The highest BCUT2D eigenvalue weighted by Crippen LogP contribution is 2.17. The fourth-order valence-corrected chi connectivity index (χ4v) is 7.86. The number of carbonyl (C=O) groups is 3. The summed E-state index contributed by atoms with van der Waals surface area (Å²) >= 11 is 0. The average molecular weight is 821 g/mol. The molecule has 6 nitrogen and oxygen atoms in total. The Kier molecular flexibility index (Phi) is 45.2. The zero-order valence-electron chi connectivity index (χ0n) is 39.5. The summed E-state index contributed by atoms with van der Waals surface area (Å²) in [6, 6.07) is 0. The van der Waals surface area contributed by atoms with Crippen molar-refractivity contribution in [1.82, 2.24) is 0 Å². The summed E-state index contributed by atoms with van der Waals surface area (Å²) in [4.78, 5) is 37.9. The molecule has 0 heterocycles. The van der Waals surface area contributed by atoms with Crippen LogP contribution in [0.25, 0.3) is 0 Å². The topological polar surface area (TPSA) is 78.9 Å². The first-order chi connectivity index (χ1) is 28.4. The van der Waals surface area contributed by atoms with Crippen molar-refractivity contribution in [2.75, 3.05) is 13.2 Å². The summed E-state index contributed by atoms with van der Waals surface area (Å²) in [7, 11) is 0. The normalized spacial score (nSPS) is 11.9. The van der Waals surface area contributed by atoms with Gasteiger partial charge in [-0.3, -0.25) is 14.4 Å². The lowest BCUT2D eigenvalue weighted by Gasteiger charge is -2.18. The van der Waals surface area contributed by atoms with E-state index in [0.717, 1.165) is 63.7 Å². The van der Waals surface area contributed by atoms with Crippen LogP contribution in [0.1, 0.15) is 291 Å². The van der Waals surface area contributed by atoms with Crippen LogP contribution in [-0.4, -0.2) is 37.2 Å². The first-order valence-corrected chi connectivity index (χ1v) is 25.9. The fourth-order valence-electron chi connectivity index (χ4n) is 7.86. The number of carbonyl (C=O) groups excluding carboxylic acids is 3. The molecule has 0 rings (SSSR count). The zero-order valence-corrected chi connectivity index (χ0v) is 39.5. The Labute approximate surface area is 361 Å². The Morgan fingerprint density at radius 1 is 0.328 bits per heavy atom. The van der Waals surface area contributed by atoms with Crippen LogP contribution in [0.15, 0.2) is 0 Å². The molecule has 0 spiro atoms. The second-order valence-corrected chi connectivity index (χ2v) is 18.3. The highest BCUT2D eigenvalue weighted by Gasteiger charge is 2.19. The van der Waals surface area contributed by atoms with Crippen molar-refractivity contribution in [2.24, 2.45) is 5.92 Å². The smallest absolute Gasteiger partial charge is 0.306 e. The van der Waals surface area contributed by atoms with Gasteiger partial charge in [-0.2, -0.15) is 0 Å². The third-order valence-corrected chi connectivity index (χ3v) is 11.8. The molecule has 0 bridgehead atoms. The van der Waals surface area contributed by atoms with Crippen LogP contribution in [0.4, 0.5) is 0 Å². The van der Waals surface area contributed by atoms with E-state index in [9.17, 15) is 14.4 Å². The molecule has 0 aromatic carbocycles. The van der Waals surface area contributed by atoms with Crippen LogP contribution in [0.5, 0.6) is 0 Å². The van der Waals surface area contributed by atoms with Crippen molar-refractivity contribution < 1.29 is 28.6 Å². The van der Waals surface area contributed by atoms with Gasteiger partial charge in [-0.25, -0.2) is 0 Å². The minimum Gasteiger partial charge on any atom is -0.462 e. The lowest BCUT2D eigenvalue weighted by molar-refractivity contribution is -0.167. The summed E-state index contributed by atoms with van der Waals surface area (Å²) in [6.45, 7) is 8.98. The van der Waals surface area contributed by atoms with Crippen molar-refractivity contribution in [3.8, 4) is 0 Å². The number of hydrogen-bond acceptors (Lipinski definition) is 6. The van der Waals surface area contributed by atoms with Gasteiger partial charge in [0.2, 0.25) is 0 Å². The lowest BCUT2D eigenvalue weighted by atomic mass is 10.0. The lowest BCUT2D eigenvalue weighted by Crippen LogP contribution is -2.30. The third-order valence-electron chi connectivity index (χ3n) is 11.8. The second kappa shape index (κ2) is 46.5. The van der Waals surface area contributed by atoms with Gasteiger partial charge < -0.3 is 14.2 Å². The molecule has 0 saturated heterocycles. The molecule has 344 valence electrons. The quantitative estimate of drug-likeness (QED) is 0.0346. The van der Waals surface area contributed by atoms with E-state index in [-0.39, 0.29) is 31.1 Å². The Balaban J connectivity index is 4.25. The zero-order chi connectivity index (χ0) is 42.4. The average Bonchev–Trinajstić information content (AvgIpc) is 3.21.